The zero-order valence-corrected chi connectivity index (χ0v) is 11.4. The Balaban J connectivity index is 2.59. The molecule has 3 heteroatoms. The van der Waals surface area contributed by atoms with Crippen LogP contribution in [-0.2, 0) is 6.42 Å². The lowest BCUT2D eigenvalue weighted by Crippen LogP contribution is -2.02. The van der Waals surface area contributed by atoms with E-state index in [1.807, 2.05) is 7.05 Å². The molecule has 0 aliphatic heterocycles. The van der Waals surface area contributed by atoms with Crippen LogP contribution in [0.4, 0.5) is 5.82 Å². The van der Waals surface area contributed by atoms with E-state index in [4.69, 9.17) is 0 Å². The molecule has 18 heavy (non-hydrogen) atoms. The number of aromatic nitrogens is 2. The molecule has 1 aromatic carbocycles. The van der Waals surface area contributed by atoms with Gasteiger partial charge in [-0.3, -0.25) is 0 Å². The Bertz CT molecular complexity index is 562. The van der Waals surface area contributed by atoms with Gasteiger partial charge in [0, 0.05) is 18.2 Å². The minimum Gasteiger partial charge on any atom is -0.373 e. The summed E-state index contributed by atoms with van der Waals surface area (Å²) in [5.41, 5.74) is 5.95. The lowest BCUT2D eigenvalue weighted by Gasteiger charge is -2.12. The van der Waals surface area contributed by atoms with Gasteiger partial charge in [-0.1, -0.05) is 19.1 Å². The fraction of sp³-hybridized carbons (Fsp3) is 0.333. The van der Waals surface area contributed by atoms with Crippen molar-refractivity contribution in [2.24, 2.45) is 0 Å². The van der Waals surface area contributed by atoms with Crippen molar-refractivity contribution >= 4 is 5.82 Å². The Labute approximate surface area is 108 Å². The maximum Gasteiger partial charge on any atom is 0.132 e. The first-order valence-electron chi connectivity index (χ1n) is 6.26. The zero-order valence-electron chi connectivity index (χ0n) is 11.4. The predicted molar refractivity (Wildman–Crippen MR) is 75.9 cm³/mol. The van der Waals surface area contributed by atoms with Crippen LogP contribution >= 0.6 is 0 Å². The highest BCUT2D eigenvalue weighted by Gasteiger charge is 2.11. The third kappa shape index (κ3) is 2.21. The molecule has 2 rings (SSSR count). The number of nitrogens with one attached hydrogen (secondary N) is 1. The Morgan fingerprint density at radius 3 is 2.50 bits per heavy atom. The summed E-state index contributed by atoms with van der Waals surface area (Å²) in [5, 5.41) is 3.13. The highest BCUT2D eigenvalue weighted by Crippen LogP contribution is 2.27. The third-order valence-electron chi connectivity index (χ3n) is 3.32. The van der Waals surface area contributed by atoms with Crippen LogP contribution in [0.25, 0.3) is 11.3 Å². The van der Waals surface area contributed by atoms with E-state index in [-0.39, 0.29) is 0 Å². The minimum atomic E-state index is 0.916. The summed E-state index contributed by atoms with van der Waals surface area (Å²) < 4.78 is 0. The summed E-state index contributed by atoms with van der Waals surface area (Å²) in [5.74, 6) is 0.917. The lowest BCUT2D eigenvalue weighted by atomic mass is 10.0. The first kappa shape index (κ1) is 12.6. The Morgan fingerprint density at radius 2 is 1.89 bits per heavy atom. The van der Waals surface area contributed by atoms with Crippen LogP contribution in [0.3, 0.4) is 0 Å². The minimum absolute atomic E-state index is 0.916. The molecule has 2 aromatic rings. The van der Waals surface area contributed by atoms with Crippen LogP contribution in [-0.4, -0.2) is 17.0 Å². The van der Waals surface area contributed by atoms with E-state index in [1.54, 1.807) is 6.33 Å². The monoisotopic (exact) mass is 241 g/mol. The van der Waals surface area contributed by atoms with Crippen LogP contribution in [0.15, 0.2) is 24.5 Å². The molecule has 1 N–H and O–H groups in total. The number of anilines is 1. The average molecular weight is 241 g/mol. The second-order valence-electron chi connectivity index (χ2n) is 4.45. The standard InChI is InChI=1S/C15H19N3/c1-5-13-14(17-9-18-15(13)16-4)12-7-6-10(2)11(3)8-12/h6-9H,5H2,1-4H3,(H,16,17,18). The van der Waals surface area contributed by atoms with Crippen LogP contribution in [0.1, 0.15) is 23.6 Å². The van der Waals surface area contributed by atoms with Crippen molar-refractivity contribution in [2.75, 3.05) is 12.4 Å². The van der Waals surface area contributed by atoms with Gasteiger partial charge in [-0.05, 0) is 37.5 Å². The number of rotatable bonds is 3. The second kappa shape index (κ2) is 5.17. The van der Waals surface area contributed by atoms with Gasteiger partial charge in [0.2, 0.25) is 0 Å². The number of hydrogen-bond donors (Lipinski definition) is 1. The van der Waals surface area contributed by atoms with Crippen LogP contribution in [0, 0.1) is 13.8 Å². The largest absolute Gasteiger partial charge is 0.373 e. The molecule has 0 radical (unpaired) electrons. The highest BCUT2D eigenvalue weighted by molar-refractivity contribution is 5.69. The van der Waals surface area contributed by atoms with Gasteiger partial charge in [0.05, 0.1) is 5.69 Å². The SMILES string of the molecule is CCc1c(NC)ncnc1-c1ccc(C)c(C)c1. The molecule has 0 aliphatic rings. The molecular weight excluding hydrogens is 222 g/mol. The van der Waals surface area contributed by atoms with Gasteiger partial charge in [0.15, 0.2) is 0 Å². The van der Waals surface area contributed by atoms with Crippen LogP contribution in [0.2, 0.25) is 0 Å². The van der Waals surface area contributed by atoms with Crippen molar-refractivity contribution in [3.8, 4) is 11.3 Å². The van der Waals surface area contributed by atoms with Crippen molar-refractivity contribution in [1.29, 1.82) is 0 Å². The normalized spacial score (nSPS) is 10.4. The van der Waals surface area contributed by atoms with E-state index < -0.39 is 0 Å². The van der Waals surface area contributed by atoms with E-state index in [0.29, 0.717) is 0 Å². The molecule has 3 nitrogen and oxygen atoms in total. The molecule has 0 atom stereocenters. The van der Waals surface area contributed by atoms with E-state index in [9.17, 15) is 0 Å². The van der Waals surface area contributed by atoms with Crippen LogP contribution in [0.5, 0.6) is 0 Å². The third-order valence-corrected chi connectivity index (χ3v) is 3.32. The van der Waals surface area contributed by atoms with Gasteiger partial charge in [-0.2, -0.15) is 0 Å². The molecular formula is C15H19N3. The molecule has 0 bridgehead atoms. The Morgan fingerprint density at radius 1 is 1.11 bits per heavy atom. The van der Waals surface area contributed by atoms with E-state index in [1.165, 1.54) is 16.7 Å². The molecule has 0 aliphatic carbocycles. The maximum atomic E-state index is 4.45. The van der Waals surface area contributed by atoms with Crippen molar-refractivity contribution in [1.82, 2.24) is 9.97 Å². The molecule has 1 aromatic heterocycles. The predicted octanol–water partition coefficient (Wildman–Crippen LogP) is 3.36. The molecule has 0 amide bonds. The summed E-state index contributed by atoms with van der Waals surface area (Å²) in [6.45, 7) is 6.38. The van der Waals surface area contributed by atoms with Crippen molar-refractivity contribution in [2.45, 2.75) is 27.2 Å². The summed E-state index contributed by atoms with van der Waals surface area (Å²) >= 11 is 0. The quantitative estimate of drug-likeness (QED) is 0.895. The summed E-state index contributed by atoms with van der Waals surface area (Å²) in [6.07, 6.45) is 2.54. The van der Waals surface area contributed by atoms with Gasteiger partial charge in [-0.25, -0.2) is 9.97 Å². The molecule has 0 spiro atoms. The van der Waals surface area contributed by atoms with Gasteiger partial charge in [0.1, 0.15) is 12.1 Å². The number of aryl methyl sites for hydroxylation is 2. The van der Waals surface area contributed by atoms with E-state index >= 15 is 0 Å². The molecule has 0 unspecified atom stereocenters. The van der Waals surface area contributed by atoms with Gasteiger partial charge >= 0.3 is 0 Å². The lowest BCUT2D eigenvalue weighted by molar-refractivity contribution is 1.05. The first-order valence-corrected chi connectivity index (χ1v) is 6.26. The number of benzene rings is 1. The summed E-state index contributed by atoms with van der Waals surface area (Å²) in [4.78, 5) is 8.72. The Kier molecular flexibility index (Phi) is 3.60. The van der Waals surface area contributed by atoms with E-state index in [0.717, 1.165) is 23.5 Å². The van der Waals surface area contributed by atoms with Gasteiger partial charge in [0.25, 0.3) is 0 Å². The van der Waals surface area contributed by atoms with Gasteiger partial charge < -0.3 is 5.32 Å². The van der Waals surface area contributed by atoms with Crippen molar-refractivity contribution in [3.05, 3.63) is 41.2 Å². The fourth-order valence-corrected chi connectivity index (χ4v) is 2.10. The molecule has 94 valence electrons. The van der Waals surface area contributed by atoms with Crippen LogP contribution < -0.4 is 5.32 Å². The molecule has 0 fully saturated rings. The summed E-state index contributed by atoms with van der Waals surface area (Å²) in [6, 6.07) is 6.46. The number of nitrogens with zero attached hydrogens (tertiary/aromatic N) is 2. The molecule has 0 saturated carbocycles. The maximum absolute atomic E-state index is 4.45. The highest BCUT2D eigenvalue weighted by atomic mass is 15.0. The first-order chi connectivity index (χ1) is 8.67. The van der Waals surface area contributed by atoms with E-state index in [2.05, 4.69) is 54.3 Å². The zero-order chi connectivity index (χ0) is 13.1. The molecule has 0 saturated heterocycles. The molecule has 1 heterocycles. The average Bonchev–Trinajstić information content (AvgIpc) is 2.40. The summed E-state index contributed by atoms with van der Waals surface area (Å²) in [7, 11) is 1.89. The Hall–Kier alpha value is -1.90. The van der Waals surface area contributed by atoms with Crippen molar-refractivity contribution < 1.29 is 0 Å². The fourth-order valence-electron chi connectivity index (χ4n) is 2.10. The smallest absolute Gasteiger partial charge is 0.132 e. The van der Waals surface area contributed by atoms with Gasteiger partial charge in [-0.15, -0.1) is 0 Å². The second-order valence-corrected chi connectivity index (χ2v) is 4.45. The topological polar surface area (TPSA) is 37.8 Å². The number of hydrogen-bond acceptors (Lipinski definition) is 3. The van der Waals surface area contributed by atoms with Crippen molar-refractivity contribution in [3.63, 3.8) is 0 Å².